The first-order valence-corrected chi connectivity index (χ1v) is 11.3. The van der Waals surface area contributed by atoms with Gasteiger partial charge in [0.25, 0.3) is 0 Å². The second-order valence-electron chi connectivity index (χ2n) is 8.80. The molecule has 2 fully saturated rings. The number of hydrogen-bond donors (Lipinski definition) is 1. The summed E-state index contributed by atoms with van der Waals surface area (Å²) < 4.78 is 7.48. The Bertz CT molecular complexity index is 980. The average Bonchev–Trinajstić information content (AvgIpc) is 3.50. The molecule has 6 heteroatoms. The molecular formula is C25H32N4O2. The number of carbonyl (C=O) groups excluding carboxylic acids is 1. The number of nitrogens with one attached hydrogen (secondary N) is 1. The van der Waals surface area contributed by atoms with Crippen LogP contribution < -0.4 is 10.1 Å². The van der Waals surface area contributed by atoms with Gasteiger partial charge < -0.3 is 14.6 Å². The number of ether oxygens (including phenoxy) is 1. The molecule has 2 heterocycles. The van der Waals surface area contributed by atoms with Gasteiger partial charge in [0.15, 0.2) is 0 Å². The van der Waals surface area contributed by atoms with E-state index in [1.165, 1.54) is 18.4 Å². The molecule has 1 aliphatic heterocycles. The van der Waals surface area contributed by atoms with Crippen LogP contribution in [0.1, 0.15) is 73.0 Å². The molecule has 1 saturated heterocycles. The van der Waals surface area contributed by atoms with Crippen LogP contribution in [0.25, 0.3) is 0 Å². The van der Waals surface area contributed by atoms with E-state index >= 15 is 0 Å². The fraction of sp³-hybridized carbons (Fsp3) is 0.520. The molecule has 31 heavy (non-hydrogen) atoms. The first-order chi connectivity index (χ1) is 15.0. The molecule has 6 nitrogen and oxygen atoms in total. The van der Waals surface area contributed by atoms with Crippen molar-refractivity contribution in [2.24, 2.45) is 0 Å². The summed E-state index contributed by atoms with van der Waals surface area (Å²) in [4.78, 5) is 15.3. The third kappa shape index (κ3) is 4.20. The van der Waals surface area contributed by atoms with Crippen molar-refractivity contribution in [3.63, 3.8) is 0 Å². The summed E-state index contributed by atoms with van der Waals surface area (Å²) in [6, 6.07) is 11.1. The van der Waals surface area contributed by atoms with Crippen LogP contribution in [-0.2, 0) is 4.79 Å². The SMILES string of the molecule is COc1ccc(C2CCCN2CC(=O)Nc2c(C#N)c(C)c(C)n2C2CCCC2)cc1. The smallest absolute Gasteiger partial charge is 0.239 e. The van der Waals surface area contributed by atoms with E-state index in [9.17, 15) is 10.1 Å². The molecule has 2 aromatic rings. The summed E-state index contributed by atoms with van der Waals surface area (Å²) >= 11 is 0. The monoisotopic (exact) mass is 420 g/mol. The Labute approximate surface area is 184 Å². The van der Waals surface area contributed by atoms with Gasteiger partial charge in [0.05, 0.1) is 19.2 Å². The van der Waals surface area contributed by atoms with Gasteiger partial charge in [-0.3, -0.25) is 9.69 Å². The van der Waals surface area contributed by atoms with Crippen LogP contribution in [0.4, 0.5) is 5.82 Å². The van der Waals surface area contributed by atoms with E-state index in [1.54, 1.807) is 7.11 Å². The van der Waals surface area contributed by atoms with Gasteiger partial charge in [-0.15, -0.1) is 0 Å². The standard InChI is InChI=1S/C25H32N4O2/c1-17-18(2)29(20-7-4-5-8-20)25(22(17)15-26)27-24(30)16-28-14-6-9-23(28)19-10-12-21(31-3)13-11-19/h10-13,20,23H,4-9,14,16H2,1-3H3,(H,27,30). The predicted molar refractivity (Wildman–Crippen MR) is 121 cm³/mol. The highest BCUT2D eigenvalue weighted by Gasteiger charge is 2.30. The Morgan fingerprint density at radius 3 is 2.52 bits per heavy atom. The fourth-order valence-electron chi connectivity index (χ4n) is 5.28. The van der Waals surface area contributed by atoms with Crippen molar-refractivity contribution in [1.29, 1.82) is 5.26 Å². The molecule has 1 aliphatic carbocycles. The Morgan fingerprint density at radius 1 is 1.16 bits per heavy atom. The number of nitrogens with zero attached hydrogens (tertiary/aromatic N) is 3. The Morgan fingerprint density at radius 2 is 1.87 bits per heavy atom. The maximum Gasteiger partial charge on any atom is 0.239 e. The second-order valence-corrected chi connectivity index (χ2v) is 8.80. The van der Waals surface area contributed by atoms with E-state index < -0.39 is 0 Å². The highest BCUT2D eigenvalue weighted by atomic mass is 16.5. The number of aromatic nitrogens is 1. The van der Waals surface area contributed by atoms with Crippen LogP contribution in [-0.4, -0.2) is 35.6 Å². The first-order valence-electron chi connectivity index (χ1n) is 11.3. The van der Waals surface area contributed by atoms with Gasteiger partial charge >= 0.3 is 0 Å². The van der Waals surface area contributed by atoms with Gasteiger partial charge in [-0.05, 0) is 69.3 Å². The largest absolute Gasteiger partial charge is 0.497 e. The Kier molecular flexibility index (Phi) is 6.33. The molecule has 1 aromatic carbocycles. The van der Waals surface area contributed by atoms with Crippen molar-refractivity contribution in [2.45, 2.75) is 64.5 Å². The number of methoxy groups -OCH3 is 1. The molecule has 2 aliphatic rings. The lowest BCUT2D eigenvalue weighted by Gasteiger charge is -2.25. The lowest BCUT2D eigenvalue weighted by Crippen LogP contribution is -2.33. The highest BCUT2D eigenvalue weighted by Crippen LogP contribution is 2.38. The normalized spacial score (nSPS) is 19.5. The fourth-order valence-corrected chi connectivity index (χ4v) is 5.28. The molecule has 1 aromatic heterocycles. The molecule has 1 atom stereocenters. The molecule has 0 bridgehead atoms. The lowest BCUT2D eigenvalue weighted by molar-refractivity contribution is -0.117. The first kappa shape index (κ1) is 21.5. The van der Waals surface area contributed by atoms with Crippen molar-refractivity contribution in [2.75, 3.05) is 25.5 Å². The van der Waals surface area contributed by atoms with Gasteiger partial charge in [0.2, 0.25) is 5.91 Å². The van der Waals surface area contributed by atoms with Gasteiger partial charge in [-0.2, -0.15) is 5.26 Å². The minimum absolute atomic E-state index is 0.0475. The quantitative estimate of drug-likeness (QED) is 0.723. The lowest BCUT2D eigenvalue weighted by atomic mass is 10.0. The summed E-state index contributed by atoms with van der Waals surface area (Å²) in [5.74, 6) is 1.48. The zero-order valence-electron chi connectivity index (χ0n) is 18.8. The number of likely N-dealkylation sites (tertiary alicyclic amines) is 1. The number of carbonyl (C=O) groups is 1. The number of nitriles is 1. The third-order valence-electron chi connectivity index (χ3n) is 7.03. The maximum absolute atomic E-state index is 13.1. The summed E-state index contributed by atoms with van der Waals surface area (Å²) in [6.07, 6.45) is 6.73. The molecule has 0 spiro atoms. The molecule has 1 unspecified atom stereocenters. The van der Waals surface area contributed by atoms with Gasteiger partial charge in [0, 0.05) is 17.8 Å². The predicted octanol–water partition coefficient (Wildman–Crippen LogP) is 4.88. The van der Waals surface area contributed by atoms with E-state index in [1.807, 2.05) is 19.1 Å². The molecular weight excluding hydrogens is 388 g/mol. The Balaban J connectivity index is 1.52. The zero-order valence-corrected chi connectivity index (χ0v) is 18.8. The van der Waals surface area contributed by atoms with Crippen molar-refractivity contribution in [1.82, 2.24) is 9.47 Å². The summed E-state index contributed by atoms with van der Waals surface area (Å²) in [5, 5.41) is 12.9. The molecule has 1 saturated carbocycles. The number of benzene rings is 1. The van der Waals surface area contributed by atoms with E-state index in [-0.39, 0.29) is 11.9 Å². The van der Waals surface area contributed by atoms with Crippen LogP contribution in [0, 0.1) is 25.2 Å². The third-order valence-corrected chi connectivity index (χ3v) is 7.03. The highest BCUT2D eigenvalue weighted by molar-refractivity contribution is 5.93. The summed E-state index contributed by atoms with van der Waals surface area (Å²) in [5.41, 5.74) is 3.88. The van der Waals surface area contributed by atoms with Crippen LogP contribution in [0.5, 0.6) is 5.75 Å². The van der Waals surface area contributed by atoms with Crippen molar-refractivity contribution < 1.29 is 9.53 Å². The molecule has 0 radical (unpaired) electrons. The molecule has 4 rings (SSSR count). The van der Waals surface area contributed by atoms with Crippen LogP contribution in [0.15, 0.2) is 24.3 Å². The van der Waals surface area contributed by atoms with Crippen LogP contribution in [0.3, 0.4) is 0 Å². The molecule has 164 valence electrons. The Hall–Kier alpha value is -2.78. The number of hydrogen-bond acceptors (Lipinski definition) is 4. The average molecular weight is 421 g/mol. The molecule has 1 amide bonds. The van der Waals surface area contributed by atoms with Gasteiger partial charge in [-0.1, -0.05) is 25.0 Å². The molecule has 1 N–H and O–H groups in total. The van der Waals surface area contributed by atoms with E-state index in [0.717, 1.165) is 49.2 Å². The van der Waals surface area contributed by atoms with Gasteiger partial charge in [0.1, 0.15) is 17.6 Å². The van der Waals surface area contributed by atoms with Crippen LogP contribution >= 0.6 is 0 Å². The summed E-state index contributed by atoms with van der Waals surface area (Å²) in [6.45, 7) is 5.27. The minimum atomic E-state index is -0.0475. The van der Waals surface area contributed by atoms with E-state index in [2.05, 4.69) is 39.9 Å². The second kappa shape index (κ2) is 9.15. The number of anilines is 1. The topological polar surface area (TPSA) is 70.3 Å². The van der Waals surface area contributed by atoms with Crippen LogP contribution in [0.2, 0.25) is 0 Å². The number of amides is 1. The van der Waals surface area contributed by atoms with Crippen molar-refractivity contribution in [3.05, 3.63) is 46.6 Å². The minimum Gasteiger partial charge on any atom is -0.497 e. The van der Waals surface area contributed by atoms with Gasteiger partial charge in [-0.25, -0.2) is 0 Å². The van der Waals surface area contributed by atoms with Crippen molar-refractivity contribution in [3.8, 4) is 11.8 Å². The zero-order chi connectivity index (χ0) is 22.0. The summed E-state index contributed by atoms with van der Waals surface area (Å²) in [7, 11) is 1.67. The number of rotatable bonds is 6. The van der Waals surface area contributed by atoms with Crippen molar-refractivity contribution >= 4 is 11.7 Å². The van der Waals surface area contributed by atoms with E-state index in [4.69, 9.17) is 4.74 Å². The maximum atomic E-state index is 13.1. The van der Waals surface area contributed by atoms with E-state index in [0.29, 0.717) is 24.0 Å².